The number of benzene rings is 10. The van der Waals surface area contributed by atoms with Gasteiger partial charge in [0.05, 0.1) is 23.3 Å². The lowest BCUT2D eigenvalue weighted by molar-refractivity contribution is 1.07. The molecule has 5 heteroatoms. The normalized spacial score (nSPS) is 11.2. The zero-order chi connectivity index (χ0) is 46.1. The van der Waals surface area contributed by atoms with E-state index in [0.29, 0.717) is 23.2 Å². The van der Waals surface area contributed by atoms with Crippen molar-refractivity contribution in [2.45, 2.75) is 0 Å². The molecule has 0 aliphatic carbocycles. The number of fused-ring (bicyclic) bond motifs is 3. The zero-order valence-electron chi connectivity index (χ0n) is 37.4. The van der Waals surface area contributed by atoms with Gasteiger partial charge in [-0.15, -0.1) is 0 Å². The van der Waals surface area contributed by atoms with Crippen LogP contribution in [0.3, 0.4) is 0 Å². The van der Waals surface area contributed by atoms with E-state index >= 15 is 0 Å². The van der Waals surface area contributed by atoms with E-state index in [1.165, 1.54) is 0 Å². The van der Waals surface area contributed by atoms with E-state index in [9.17, 15) is 0 Å². The number of nitrogens with zero attached hydrogens (tertiary/aromatic N) is 5. The Hall–Kier alpha value is -9.50. The van der Waals surface area contributed by atoms with Crippen LogP contribution in [0.1, 0.15) is 0 Å². The van der Waals surface area contributed by atoms with Crippen LogP contribution < -0.4 is 0 Å². The molecule has 0 spiro atoms. The second-order valence-corrected chi connectivity index (χ2v) is 17.1. The first kappa shape index (κ1) is 41.0. The Morgan fingerprint density at radius 1 is 0.290 bits per heavy atom. The molecule has 0 saturated carbocycles. The Kier molecular flexibility index (Phi) is 10.5. The SMILES string of the molecule is [C-]#[N+]c1ccc2c(c1)c1cc(-c3ccccc3)ccc1n2-c1c(-c2ccc(-c3ccccc3)cc2)cc(-c2nc(-c3ccccc3)nc(-c3ccccc3)n2)cc1-c1ccc(-c2ccccc2)cc1. The molecule has 0 bridgehead atoms. The summed E-state index contributed by atoms with van der Waals surface area (Å²) in [7, 11) is 0. The topological polar surface area (TPSA) is 48.0 Å². The highest BCUT2D eigenvalue weighted by Crippen LogP contribution is 2.45. The molecule has 0 saturated heterocycles. The van der Waals surface area contributed by atoms with Crippen LogP contribution in [-0.2, 0) is 0 Å². The predicted octanol–water partition coefficient (Wildman–Crippen LogP) is 16.9. The van der Waals surface area contributed by atoms with E-state index in [0.717, 1.165) is 99.8 Å². The summed E-state index contributed by atoms with van der Waals surface area (Å²) in [5.74, 6) is 1.76. The third-order valence-electron chi connectivity index (χ3n) is 12.9. The first-order valence-electron chi connectivity index (χ1n) is 23.0. The second kappa shape index (κ2) is 17.7. The van der Waals surface area contributed by atoms with Crippen molar-refractivity contribution in [1.29, 1.82) is 0 Å². The minimum Gasteiger partial charge on any atom is -0.308 e. The highest BCUT2D eigenvalue weighted by molar-refractivity contribution is 6.13. The minimum absolute atomic E-state index is 0.565. The fourth-order valence-electron chi connectivity index (χ4n) is 9.46. The number of hydrogen-bond acceptors (Lipinski definition) is 3. The van der Waals surface area contributed by atoms with Gasteiger partial charge in [-0.2, -0.15) is 0 Å². The summed E-state index contributed by atoms with van der Waals surface area (Å²) in [6, 6.07) is 86.7. The van der Waals surface area contributed by atoms with Gasteiger partial charge in [0.15, 0.2) is 23.2 Å². The predicted molar refractivity (Wildman–Crippen MR) is 284 cm³/mol. The molecule has 0 N–H and O–H groups in total. The van der Waals surface area contributed by atoms with Crippen LogP contribution >= 0.6 is 0 Å². The van der Waals surface area contributed by atoms with Crippen molar-refractivity contribution in [3.05, 3.63) is 260 Å². The molecule has 2 heterocycles. The van der Waals surface area contributed by atoms with Gasteiger partial charge >= 0.3 is 0 Å². The van der Waals surface area contributed by atoms with Crippen LogP contribution in [0.4, 0.5) is 5.69 Å². The first-order chi connectivity index (χ1) is 34.1. The van der Waals surface area contributed by atoms with E-state index in [1.54, 1.807) is 0 Å². The molecule has 10 aromatic carbocycles. The number of hydrogen-bond donors (Lipinski definition) is 0. The van der Waals surface area contributed by atoms with Crippen LogP contribution in [0.5, 0.6) is 0 Å². The van der Waals surface area contributed by atoms with Crippen molar-refractivity contribution in [2.24, 2.45) is 0 Å². The van der Waals surface area contributed by atoms with Crippen molar-refractivity contribution in [3.8, 4) is 95.5 Å². The lowest BCUT2D eigenvalue weighted by Gasteiger charge is -2.21. The third kappa shape index (κ3) is 7.82. The summed E-state index contributed by atoms with van der Waals surface area (Å²) < 4.78 is 2.40. The number of aromatic nitrogens is 4. The van der Waals surface area contributed by atoms with Crippen LogP contribution in [0.2, 0.25) is 0 Å². The molecule has 12 rings (SSSR count). The van der Waals surface area contributed by atoms with Crippen LogP contribution in [0.15, 0.2) is 249 Å². The monoisotopic (exact) mass is 879 g/mol. The molecule has 69 heavy (non-hydrogen) atoms. The number of rotatable bonds is 9. The first-order valence-corrected chi connectivity index (χ1v) is 23.0. The Labute approximate surface area is 400 Å². The van der Waals surface area contributed by atoms with Crippen molar-refractivity contribution in [2.75, 3.05) is 0 Å². The summed E-state index contributed by atoms with van der Waals surface area (Å²) in [5, 5.41) is 2.07. The van der Waals surface area contributed by atoms with Gasteiger partial charge in [0, 0.05) is 33.2 Å². The van der Waals surface area contributed by atoms with E-state index in [2.05, 4.69) is 167 Å². The summed E-state index contributed by atoms with van der Waals surface area (Å²) in [6.45, 7) is 8.07. The summed E-state index contributed by atoms with van der Waals surface area (Å²) in [4.78, 5) is 19.5. The molecule has 2 aromatic heterocycles. The van der Waals surface area contributed by atoms with Gasteiger partial charge in [0.25, 0.3) is 0 Å². The van der Waals surface area contributed by atoms with Gasteiger partial charge in [-0.3, -0.25) is 0 Å². The molecule has 0 atom stereocenters. The van der Waals surface area contributed by atoms with Crippen molar-refractivity contribution >= 4 is 27.5 Å². The third-order valence-corrected chi connectivity index (χ3v) is 12.9. The maximum Gasteiger partial charge on any atom is 0.188 e. The lowest BCUT2D eigenvalue weighted by Crippen LogP contribution is -2.04. The highest BCUT2D eigenvalue weighted by atomic mass is 15.0. The summed E-state index contributed by atoms with van der Waals surface area (Å²) in [5.41, 5.74) is 17.1. The minimum atomic E-state index is 0.565. The molecule has 0 aliphatic heterocycles. The Balaban J connectivity index is 1.18. The average molecular weight is 880 g/mol. The second-order valence-electron chi connectivity index (χ2n) is 17.1. The van der Waals surface area contributed by atoms with Gasteiger partial charge in [-0.25, -0.2) is 19.8 Å². The highest BCUT2D eigenvalue weighted by Gasteiger charge is 2.24. The maximum atomic E-state index is 8.07. The Morgan fingerprint density at radius 3 is 1.06 bits per heavy atom. The molecule has 5 nitrogen and oxygen atoms in total. The molecule has 0 fully saturated rings. The Bertz CT molecular complexity index is 3680. The van der Waals surface area contributed by atoms with Gasteiger partial charge in [0.1, 0.15) is 0 Å². The molecular weight excluding hydrogens is 839 g/mol. The standard InChI is InChI=1S/C64H41N5/c1-65-54-36-38-60-58(42-54)57-39-52(45-21-11-4-12-22-45)35-37-59(57)69(60)61-55(48-31-27-46(28-32-48)43-17-7-2-8-18-43)40-53(41-56(61)49-33-29-47(30-34-49)44-19-9-3-10-20-44)64-67-62(50-23-13-5-14-24-50)66-63(68-64)51-25-15-6-16-26-51/h2-42H. The maximum absolute atomic E-state index is 8.07. The lowest BCUT2D eigenvalue weighted by atomic mass is 9.91. The molecular formula is C64H41N5. The molecule has 0 aliphatic rings. The quantitative estimate of drug-likeness (QED) is 0.136. The fourth-order valence-corrected chi connectivity index (χ4v) is 9.46. The average Bonchev–Trinajstić information content (AvgIpc) is 3.76. The van der Waals surface area contributed by atoms with Crippen molar-refractivity contribution in [3.63, 3.8) is 0 Å². The fraction of sp³-hybridized carbons (Fsp3) is 0. The largest absolute Gasteiger partial charge is 0.308 e. The van der Waals surface area contributed by atoms with Gasteiger partial charge in [-0.05, 0) is 86.3 Å². The van der Waals surface area contributed by atoms with E-state index in [-0.39, 0.29) is 0 Å². The molecule has 0 unspecified atom stereocenters. The van der Waals surface area contributed by atoms with Crippen LogP contribution in [-0.4, -0.2) is 19.5 Å². The summed E-state index contributed by atoms with van der Waals surface area (Å²) >= 11 is 0. The molecule has 12 aromatic rings. The van der Waals surface area contributed by atoms with Gasteiger partial charge in [0.2, 0.25) is 0 Å². The van der Waals surface area contributed by atoms with Gasteiger partial charge < -0.3 is 4.57 Å². The van der Waals surface area contributed by atoms with Crippen molar-refractivity contribution in [1.82, 2.24) is 19.5 Å². The Morgan fingerprint density at radius 2 is 0.623 bits per heavy atom. The summed E-state index contributed by atoms with van der Waals surface area (Å²) in [6.07, 6.45) is 0. The van der Waals surface area contributed by atoms with Gasteiger partial charge in [-0.1, -0.05) is 212 Å². The van der Waals surface area contributed by atoms with E-state index in [1.807, 2.05) is 91.0 Å². The van der Waals surface area contributed by atoms with E-state index in [4.69, 9.17) is 21.5 Å². The smallest absolute Gasteiger partial charge is 0.188 e. The van der Waals surface area contributed by atoms with Crippen LogP contribution in [0, 0.1) is 6.57 Å². The molecule has 322 valence electrons. The van der Waals surface area contributed by atoms with Crippen molar-refractivity contribution < 1.29 is 0 Å². The van der Waals surface area contributed by atoms with Crippen LogP contribution in [0.25, 0.3) is 122 Å². The molecule has 0 amide bonds. The van der Waals surface area contributed by atoms with E-state index < -0.39 is 0 Å². The molecule has 0 radical (unpaired) electrons. The zero-order valence-corrected chi connectivity index (χ0v) is 37.4.